The maximum absolute atomic E-state index is 13.4. The van der Waals surface area contributed by atoms with E-state index in [1.165, 1.54) is 11.8 Å². The van der Waals surface area contributed by atoms with Crippen molar-refractivity contribution in [2.24, 2.45) is 11.8 Å². The fourth-order valence-electron chi connectivity index (χ4n) is 5.21. The van der Waals surface area contributed by atoms with Crippen LogP contribution in [0.5, 0.6) is 0 Å². The normalized spacial score (nSPS) is 24.4. The second kappa shape index (κ2) is 12.3. The van der Waals surface area contributed by atoms with Gasteiger partial charge in [0.15, 0.2) is 0 Å². The van der Waals surface area contributed by atoms with E-state index in [-0.39, 0.29) is 13.2 Å². The van der Waals surface area contributed by atoms with Gasteiger partial charge >= 0.3 is 12.2 Å². The molecule has 0 aromatic heterocycles. The highest BCUT2D eigenvalue weighted by Crippen LogP contribution is 2.32. The average molecular weight is 561 g/mol. The van der Waals surface area contributed by atoms with E-state index in [4.69, 9.17) is 14.2 Å². The Kier molecular flexibility index (Phi) is 9.70. The van der Waals surface area contributed by atoms with Crippen LogP contribution in [0.3, 0.4) is 0 Å². The lowest BCUT2D eigenvalue weighted by Crippen LogP contribution is -2.49. The molecule has 0 radical (unpaired) electrons. The summed E-state index contributed by atoms with van der Waals surface area (Å²) in [6.45, 7) is 14.1. The van der Waals surface area contributed by atoms with E-state index in [1.807, 2.05) is 30.3 Å². The molecule has 10 heteroatoms. The third kappa shape index (κ3) is 7.21. The highest BCUT2D eigenvalue weighted by atomic mass is 16.6. The summed E-state index contributed by atoms with van der Waals surface area (Å²) < 4.78 is 16.6. The summed E-state index contributed by atoms with van der Waals surface area (Å²) in [4.78, 5) is 41.4. The zero-order chi connectivity index (χ0) is 30.0. The molecular weight excluding hydrogens is 516 g/mol. The number of aliphatic hydroxyl groups excluding tert-OH is 2. The number of benzene rings is 1. The molecule has 2 aliphatic rings. The molecule has 2 fully saturated rings. The average Bonchev–Trinajstić information content (AvgIpc) is 3.38. The molecule has 0 aliphatic carbocycles. The summed E-state index contributed by atoms with van der Waals surface area (Å²) in [6.07, 6.45) is -1.48. The first-order valence-corrected chi connectivity index (χ1v) is 13.8. The second-order valence-electron chi connectivity index (χ2n) is 12.3. The highest BCUT2D eigenvalue weighted by Gasteiger charge is 2.46. The van der Waals surface area contributed by atoms with E-state index < -0.39 is 65.5 Å². The molecule has 0 unspecified atom stereocenters. The predicted octanol–water partition coefficient (Wildman–Crippen LogP) is 3.89. The van der Waals surface area contributed by atoms with Crippen LogP contribution in [0.2, 0.25) is 0 Å². The molecule has 3 rings (SSSR count). The molecule has 0 bridgehead atoms. The molecule has 1 aromatic carbocycles. The smallest absolute Gasteiger partial charge is 0.416 e. The number of aliphatic hydroxyl groups is 2. The Hall–Kier alpha value is -2.95. The minimum absolute atomic E-state index is 0.0796. The van der Waals surface area contributed by atoms with E-state index in [2.05, 4.69) is 0 Å². The van der Waals surface area contributed by atoms with E-state index in [0.29, 0.717) is 12.0 Å². The molecule has 2 heterocycles. The third-order valence-corrected chi connectivity index (χ3v) is 7.48. The molecule has 10 nitrogen and oxygen atoms in total. The maximum Gasteiger partial charge on any atom is 0.416 e. The Morgan fingerprint density at radius 2 is 1.77 bits per heavy atom. The van der Waals surface area contributed by atoms with Crippen LogP contribution in [0.25, 0.3) is 0 Å². The van der Waals surface area contributed by atoms with Crippen LogP contribution in [0, 0.1) is 11.8 Å². The van der Waals surface area contributed by atoms with Gasteiger partial charge in [-0.15, -0.1) is 0 Å². The van der Waals surface area contributed by atoms with E-state index in [9.17, 15) is 24.6 Å². The van der Waals surface area contributed by atoms with Gasteiger partial charge in [0, 0.05) is 5.92 Å². The third-order valence-electron chi connectivity index (χ3n) is 7.48. The fraction of sp³-hybridized carbons (Fsp3) is 0.633. The molecule has 2 N–H and O–H groups in total. The summed E-state index contributed by atoms with van der Waals surface area (Å²) >= 11 is 0. The molecule has 0 spiro atoms. The number of amides is 3. The molecule has 1 aromatic rings. The van der Waals surface area contributed by atoms with Crippen molar-refractivity contribution in [2.45, 2.75) is 97.4 Å². The van der Waals surface area contributed by atoms with Crippen LogP contribution in [-0.2, 0) is 25.4 Å². The summed E-state index contributed by atoms with van der Waals surface area (Å²) in [7, 11) is 0. The number of hydrogen-bond donors (Lipinski definition) is 2. The highest BCUT2D eigenvalue weighted by molar-refractivity contribution is 5.95. The summed E-state index contributed by atoms with van der Waals surface area (Å²) in [5, 5.41) is 22.2. The topological polar surface area (TPSA) is 126 Å². The summed E-state index contributed by atoms with van der Waals surface area (Å²) in [5.41, 5.74) is -0.141. The van der Waals surface area contributed by atoms with Gasteiger partial charge < -0.3 is 24.4 Å². The van der Waals surface area contributed by atoms with Gasteiger partial charge in [-0.25, -0.2) is 14.5 Å². The van der Waals surface area contributed by atoms with Gasteiger partial charge in [-0.1, -0.05) is 50.3 Å². The molecular formula is C30H44N2O8. The van der Waals surface area contributed by atoms with Gasteiger partial charge in [0.25, 0.3) is 0 Å². The molecule has 222 valence electrons. The van der Waals surface area contributed by atoms with Crippen LogP contribution in [-0.4, -0.2) is 86.9 Å². The standard InChI is InChI=1S/C30H44N2O8/c1-18(14-23-17-39-30(7,8)32(23)28(37)40-29(4,5)6)24(33)19(2)25(34)20(3)26(35)31-22(16-38-27(31)36)15-21-12-10-9-11-13-21/h9-14,19-20,22-25,33-34H,15-17H2,1-8H3/b18-14+/t19-,20+,22-,23+,24-,25+/m0/s1. The molecule has 2 aliphatic heterocycles. The molecule has 3 amide bonds. The number of ether oxygens (including phenoxy) is 3. The van der Waals surface area contributed by atoms with Gasteiger partial charge in [-0.3, -0.25) is 9.69 Å². The Morgan fingerprint density at radius 3 is 2.38 bits per heavy atom. The van der Waals surface area contributed by atoms with Crippen molar-refractivity contribution in [3.8, 4) is 0 Å². The number of imide groups is 1. The SMILES string of the molecule is C/C(=C\[C@@H]1COC(C)(C)N1C(=O)OC(C)(C)C)[C@H](O)[C@H](C)[C@@H](O)[C@@H](C)C(=O)N1C(=O)OC[C@@H]1Cc1ccccc1. The lowest BCUT2D eigenvalue weighted by atomic mass is 9.85. The van der Waals surface area contributed by atoms with Crippen molar-refractivity contribution in [2.75, 3.05) is 13.2 Å². The van der Waals surface area contributed by atoms with Crippen molar-refractivity contribution in [1.82, 2.24) is 9.80 Å². The van der Waals surface area contributed by atoms with Crippen molar-refractivity contribution in [3.63, 3.8) is 0 Å². The zero-order valence-corrected chi connectivity index (χ0v) is 24.8. The number of carbonyl (C=O) groups is 3. The maximum atomic E-state index is 13.4. The van der Waals surface area contributed by atoms with Crippen LogP contribution in [0.15, 0.2) is 42.0 Å². The van der Waals surface area contributed by atoms with Crippen LogP contribution in [0.4, 0.5) is 9.59 Å². The summed E-state index contributed by atoms with van der Waals surface area (Å²) in [5.74, 6) is -2.29. The van der Waals surface area contributed by atoms with E-state index in [0.717, 1.165) is 10.5 Å². The number of cyclic esters (lactones) is 1. The van der Waals surface area contributed by atoms with Gasteiger partial charge in [0.2, 0.25) is 5.91 Å². The molecule has 0 saturated carbocycles. The van der Waals surface area contributed by atoms with Crippen LogP contribution in [0.1, 0.15) is 61.0 Å². The van der Waals surface area contributed by atoms with Crippen molar-refractivity contribution in [1.29, 1.82) is 0 Å². The van der Waals surface area contributed by atoms with Gasteiger partial charge in [0.05, 0.1) is 36.8 Å². The van der Waals surface area contributed by atoms with E-state index >= 15 is 0 Å². The zero-order valence-electron chi connectivity index (χ0n) is 24.8. The molecule has 2 saturated heterocycles. The Balaban J connectivity index is 1.71. The molecule has 6 atom stereocenters. The Morgan fingerprint density at radius 1 is 1.15 bits per heavy atom. The first-order chi connectivity index (χ1) is 18.5. The van der Waals surface area contributed by atoms with E-state index in [1.54, 1.807) is 54.5 Å². The monoisotopic (exact) mass is 560 g/mol. The minimum Gasteiger partial charge on any atom is -0.447 e. The van der Waals surface area contributed by atoms with Crippen LogP contribution < -0.4 is 0 Å². The predicted molar refractivity (Wildman–Crippen MR) is 148 cm³/mol. The molecule has 40 heavy (non-hydrogen) atoms. The first kappa shape index (κ1) is 31.6. The lowest BCUT2D eigenvalue weighted by Gasteiger charge is -2.35. The van der Waals surface area contributed by atoms with Crippen molar-refractivity contribution < 1.29 is 38.8 Å². The van der Waals surface area contributed by atoms with Crippen LogP contribution >= 0.6 is 0 Å². The Labute approximate surface area is 236 Å². The van der Waals surface area contributed by atoms with Gasteiger partial charge in [-0.05, 0) is 59.1 Å². The minimum atomic E-state index is -1.25. The number of nitrogens with zero attached hydrogens (tertiary/aromatic N) is 2. The summed E-state index contributed by atoms with van der Waals surface area (Å²) in [6, 6.07) is 8.51. The number of hydrogen-bond acceptors (Lipinski definition) is 8. The van der Waals surface area contributed by atoms with Gasteiger partial charge in [0.1, 0.15) is 17.9 Å². The quantitative estimate of drug-likeness (QED) is 0.459. The number of carbonyl (C=O) groups excluding carboxylic acids is 3. The lowest BCUT2D eigenvalue weighted by molar-refractivity contribution is -0.138. The first-order valence-electron chi connectivity index (χ1n) is 13.8. The van der Waals surface area contributed by atoms with Crippen molar-refractivity contribution in [3.05, 3.63) is 47.5 Å². The fourth-order valence-corrected chi connectivity index (χ4v) is 5.21. The largest absolute Gasteiger partial charge is 0.447 e. The second-order valence-corrected chi connectivity index (χ2v) is 12.3. The Bertz CT molecular complexity index is 1100. The van der Waals surface area contributed by atoms with Gasteiger partial charge in [-0.2, -0.15) is 0 Å². The van der Waals surface area contributed by atoms with Crippen molar-refractivity contribution >= 4 is 18.1 Å². The number of rotatable bonds is 8.